The number of rotatable bonds is 4. The molecule has 0 aromatic heterocycles. The first kappa shape index (κ1) is 10.7. The zero-order valence-electron chi connectivity index (χ0n) is 7.54. The predicted octanol–water partition coefficient (Wildman–Crippen LogP) is 2.24. The first-order valence-corrected chi connectivity index (χ1v) is 3.77. The van der Waals surface area contributed by atoms with Gasteiger partial charge in [0.2, 0.25) is 0 Å². The van der Waals surface area contributed by atoms with Crippen molar-refractivity contribution in [3.05, 3.63) is 36.5 Å². The van der Waals surface area contributed by atoms with E-state index in [0.29, 0.717) is 0 Å². The number of hydrogen-bond donors (Lipinski definition) is 0. The van der Waals surface area contributed by atoms with Crippen molar-refractivity contribution in [2.75, 3.05) is 6.61 Å². The minimum atomic E-state index is -0.282. The predicted molar refractivity (Wildman–Crippen MR) is 49.7 cm³/mol. The van der Waals surface area contributed by atoms with Crippen molar-refractivity contribution in [1.82, 2.24) is 0 Å². The fourth-order valence-corrected chi connectivity index (χ4v) is 0.545. The highest BCUT2D eigenvalue weighted by Crippen LogP contribution is 1.94. The van der Waals surface area contributed by atoms with E-state index in [-0.39, 0.29) is 12.6 Å². The van der Waals surface area contributed by atoms with E-state index in [0.717, 1.165) is 5.57 Å². The number of esters is 1. The first-order valence-electron chi connectivity index (χ1n) is 3.77. The van der Waals surface area contributed by atoms with Gasteiger partial charge in [-0.2, -0.15) is 0 Å². The van der Waals surface area contributed by atoms with Gasteiger partial charge in [-0.05, 0) is 12.5 Å². The molecule has 0 heterocycles. The number of carbonyl (C=O) groups is 1. The van der Waals surface area contributed by atoms with E-state index in [1.807, 2.05) is 31.2 Å². The number of hydrogen-bond acceptors (Lipinski definition) is 2. The average molecular weight is 166 g/mol. The Kier molecular flexibility index (Phi) is 5.70. The maximum atomic E-state index is 10.4. The molecule has 0 aromatic carbocycles. The summed E-state index contributed by atoms with van der Waals surface area (Å²) < 4.78 is 4.72. The molecular formula is C10H14O2. The van der Waals surface area contributed by atoms with Crippen LogP contribution in [-0.2, 0) is 9.53 Å². The Labute approximate surface area is 73.2 Å². The van der Waals surface area contributed by atoms with Gasteiger partial charge in [0, 0.05) is 6.92 Å². The summed E-state index contributed by atoms with van der Waals surface area (Å²) in [5.74, 6) is -0.282. The molecule has 2 heteroatoms. The topological polar surface area (TPSA) is 26.3 Å². The van der Waals surface area contributed by atoms with Crippen LogP contribution in [0.4, 0.5) is 0 Å². The molecule has 2 nitrogen and oxygen atoms in total. The monoisotopic (exact) mass is 166 g/mol. The number of carbonyl (C=O) groups excluding carboxylic acids is 1. The van der Waals surface area contributed by atoms with Crippen molar-refractivity contribution in [2.45, 2.75) is 13.8 Å². The van der Waals surface area contributed by atoms with Crippen molar-refractivity contribution in [3.63, 3.8) is 0 Å². The third-order valence-corrected chi connectivity index (χ3v) is 1.10. The van der Waals surface area contributed by atoms with Crippen LogP contribution in [0, 0.1) is 0 Å². The maximum Gasteiger partial charge on any atom is 0.302 e. The fourth-order valence-electron chi connectivity index (χ4n) is 0.545. The molecule has 0 spiro atoms. The molecular weight excluding hydrogens is 152 g/mol. The first-order chi connectivity index (χ1) is 5.66. The standard InChI is InChI=1S/C10H14O2/c1-4-5-6-7-9(2)8-12-10(3)11/h4-7H,2,8H2,1,3H3. The van der Waals surface area contributed by atoms with Crippen LogP contribution in [0.5, 0.6) is 0 Å². The molecule has 0 aliphatic carbocycles. The summed E-state index contributed by atoms with van der Waals surface area (Å²) in [4.78, 5) is 10.4. The lowest BCUT2D eigenvalue weighted by atomic mass is 10.3. The van der Waals surface area contributed by atoms with E-state index in [4.69, 9.17) is 4.74 Å². The highest BCUT2D eigenvalue weighted by molar-refractivity contribution is 5.66. The molecule has 0 amide bonds. The maximum absolute atomic E-state index is 10.4. The van der Waals surface area contributed by atoms with Gasteiger partial charge >= 0.3 is 5.97 Å². The summed E-state index contributed by atoms with van der Waals surface area (Å²) in [6.07, 6.45) is 7.46. The van der Waals surface area contributed by atoms with Gasteiger partial charge in [-0.15, -0.1) is 0 Å². The van der Waals surface area contributed by atoms with Crippen molar-refractivity contribution in [1.29, 1.82) is 0 Å². The van der Waals surface area contributed by atoms with E-state index < -0.39 is 0 Å². The minimum Gasteiger partial charge on any atom is -0.461 e. The second-order valence-corrected chi connectivity index (χ2v) is 2.32. The SMILES string of the molecule is C=C(C=CC=CC)COC(C)=O. The van der Waals surface area contributed by atoms with Gasteiger partial charge < -0.3 is 4.74 Å². The van der Waals surface area contributed by atoms with E-state index in [2.05, 4.69) is 6.58 Å². The summed E-state index contributed by atoms with van der Waals surface area (Å²) in [5, 5.41) is 0. The van der Waals surface area contributed by atoms with Gasteiger partial charge in [0.1, 0.15) is 6.61 Å². The van der Waals surface area contributed by atoms with Crippen LogP contribution in [0.15, 0.2) is 36.5 Å². The summed E-state index contributed by atoms with van der Waals surface area (Å²) in [6.45, 7) is 7.28. The second-order valence-electron chi connectivity index (χ2n) is 2.32. The zero-order valence-corrected chi connectivity index (χ0v) is 7.54. The fraction of sp³-hybridized carbons (Fsp3) is 0.300. The van der Waals surface area contributed by atoms with Crippen LogP contribution in [0.2, 0.25) is 0 Å². The van der Waals surface area contributed by atoms with E-state index in [1.165, 1.54) is 6.92 Å². The molecule has 12 heavy (non-hydrogen) atoms. The molecule has 0 aromatic rings. The molecule has 0 rings (SSSR count). The molecule has 0 bridgehead atoms. The summed E-state index contributed by atoms with van der Waals surface area (Å²) in [7, 11) is 0. The van der Waals surface area contributed by atoms with Crippen LogP contribution in [0.3, 0.4) is 0 Å². The molecule has 0 atom stereocenters. The smallest absolute Gasteiger partial charge is 0.302 e. The van der Waals surface area contributed by atoms with E-state index in [1.54, 1.807) is 0 Å². The molecule has 0 N–H and O–H groups in total. The second kappa shape index (κ2) is 6.40. The van der Waals surface area contributed by atoms with Crippen LogP contribution in [0.25, 0.3) is 0 Å². The summed E-state index contributed by atoms with van der Waals surface area (Å²) in [6, 6.07) is 0. The average Bonchev–Trinajstić information content (AvgIpc) is 2.01. The Balaban J connectivity index is 3.67. The van der Waals surface area contributed by atoms with Gasteiger partial charge in [-0.1, -0.05) is 30.9 Å². The van der Waals surface area contributed by atoms with E-state index >= 15 is 0 Å². The van der Waals surface area contributed by atoms with Crippen LogP contribution in [0.1, 0.15) is 13.8 Å². The molecule has 0 saturated heterocycles. The minimum absolute atomic E-state index is 0.267. The van der Waals surface area contributed by atoms with Crippen LogP contribution >= 0.6 is 0 Å². The number of ether oxygens (including phenoxy) is 1. The van der Waals surface area contributed by atoms with Crippen molar-refractivity contribution in [2.24, 2.45) is 0 Å². The zero-order chi connectivity index (χ0) is 9.40. The largest absolute Gasteiger partial charge is 0.461 e. The van der Waals surface area contributed by atoms with Gasteiger partial charge in [-0.3, -0.25) is 4.79 Å². The van der Waals surface area contributed by atoms with Gasteiger partial charge in [0.25, 0.3) is 0 Å². The van der Waals surface area contributed by atoms with Crippen molar-refractivity contribution < 1.29 is 9.53 Å². The molecule has 0 unspecified atom stereocenters. The molecule has 0 saturated carbocycles. The lowest BCUT2D eigenvalue weighted by Crippen LogP contribution is -2.00. The Bertz CT molecular complexity index is 212. The lowest BCUT2D eigenvalue weighted by molar-refractivity contribution is -0.139. The summed E-state index contributed by atoms with van der Waals surface area (Å²) in [5.41, 5.74) is 0.781. The van der Waals surface area contributed by atoms with Gasteiger partial charge in [0.15, 0.2) is 0 Å². The Morgan fingerprint density at radius 3 is 2.67 bits per heavy atom. The third-order valence-electron chi connectivity index (χ3n) is 1.10. The normalized spacial score (nSPS) is 10.8. The van der Waals surface area contributed by atoms with E-state index in [9.17, 15) is 4.79 Å². The van der Waals surface area contributed by atoms with Gasteiger partial charge in [0.05, 0.1) is 0 Å². The molecule has 66 valence electrons. The molecule has 0 radical (unpaired) electrons. The van der Waals surface area contributed by atoms with Crippen LogP contribution in [-0.4, -0.2) is 12.6 Å². The molecule has 0 aliphatic rings. The lowest BCUT2D eigenvalue weighted by Gasteiger charge is -1.99. The Morgan fingerprint density at radius 1 is 1.50 bits per heavy atom. The highest BCUT2D eigenvalue weighted by Gasteiger charge is 1.92. The third kappa shape index (κ3) is 6.81. The van der Waals surface area contributed by atoms with Gasteiger partial charge in [-0.25, -0.2) is 0 Å². The Hall–Kier alpha value is -1.31. The van der Waals surface area contributed by atoms with Crippen molar-refractivity contribution >= 4 is 5.97 Å². The Morgan fingerprint density at radius 2 is 2.17 bits per heavy atom. The highest BCUT2D eigenvalue weighted by atomic mass is 16.5. The summed E-state index contributed by atoms with van der Waals surface area (Å²) >= 11 is 0. The van der Waals surface area contributed by atoms with Crippen LogP contribution < -0.4 is 0 Å². The molecule has 0 aliphatic heterocycles. The quantitative estimate of drug-likeness (QED) is 0.473. The molecule has 0 fully saturated rings. The van der Waals surface area contributed by atoms with Crippen molar-refractivity contribution in [3.8, 4) is 0 Å². The number of allylic oxidation sites excluding steroid dienone is 3.